The second-order valence-corrected chi connectivity index (χ2v) is 11.9. The van der Waals surface area contributed by atoms with Crippen LogP contribution in [0.3, 0.4) is 0 Å². The summed E-state index contributed by atoms with van der Waals surface area (Å²) in [6, 6.07) is 2.03. The van der Waals surface area contributed by atoms with Gasteiger partial charge >= 0.3 is 5.97 Å². The number of ether oxygens (including phenoxy) is 3. The summed E-state index contributed by atoms with van der Waals surface area (Å²) in [5, 5.41) is 0. The Morgan fingerprint density at radius 2 is 1.67 bits per heavy atom. The van der Waals surface area contributed by atoms with Crippen LogP contribution in [0.5, 0.6) is 11.5 Å². The monoisotopic (exact) mass is 412 g/mol. The Hall–Kier alpha value is -1.71. The summed E-state index contributed by atoms with van der Waals surface area (Å²) >= 11 is 0. The molecular weight excluding hydrogens is 376 g/mol. The predicted molar refractivity (Wildman–Crippen MR) is 116 cm³/mol. The topological polar surface area (TPSA) is 44.8 Å². The van der Waals surface area contributed by atoms with Gasteiger partial charge in [0.05, 0.1) is 0 Å². The summed E-state index contributed by atoms with van der Waals surface area (Å²) in [4.78, 5) is 12.8. The fourth-order valence-corrected chi connectivity index (χ4v) is 7.62. The van der Waals surface area contributed by atoms with Crippen LogP contribution in [0, 0.1) is 29.6 Å². The molecule has 0 amide bonds. The second-order valence-electron chi connectivity index (χ2n) is 11.9. The van der Waals surface area contributed by atoms with Crippen LogP contribution in [0.15, 0.2) is 6.07 Å². The van der Waals surface area contributed by atoms with Crippen LogP contribution in [0.4, 0.5) is 0 Å². The maximum absolute atomic E-state index is 12.8. The van der Waals surface area contributed by atoms with Gasteiger partial charge in [0.15, 0.2) is 0 Å². The first-order valence-corrected chi connectivity index (χ1v) is 11.6. The Kier molecular flexibility index (Phi) is 4.01. The van der Waals surface area contributed by atoms with E-state index in [1.807, 2.05) is 13.0 Å². The zero-order valence-corrected chi connectivity index (χ0v) is 19.6. The van der Waals surface area contributed by atoms with E-state index in [1.165, 1.54) is 25.7 Å². The number of esters is 1. The van der Waals surface area contributed by atoms with Crippen molar-refractivity contribution in [3.05, 3.63) is 22.8 Å². The van der Waals surface area contributed by atoms with E-state index in [9.17, 15) is 4.79 Å². The molecule has 4 atom stereocenters. The van der Waals surface area contributed by atoms with Gasteiger partial charge < -0.3 is 14.2 Å². The average molecular weight is 413 g/mol. The minimum absolute atomic E-state index is 0.170. The third-order valence-corrected chi connectivity index (χ3v) is 8.92. The van der Waals surface area contributed by atoms with E-state index in [1.54, 1.807) is 13.8 Å². The summed E-state index contributed by atoms with van der Waals surface area (Å²) in [6.07, 6.45) is 7.06. The van der Waals surface area contributed by atoms with Crippen molar-refractivity contribution in [3.8, 4) is 11.5 Å². The van der Waals surface area contributed by atoms with Crippen LogP contribution >= 0.6 is 0 Å². The first-order valence-electron chi connectivity index (χ1n) is 11.6. The van der Waals surface area contributed by atoms with Gasteiger partial charge in [-0.3, -0.25) is 0 Å². The molecule has 0 saturated heterocycles. The predicted octanol–water partition coefficient (Wildman–Crippen LogP) is 6.22. The summed E-state index contributed by atoms with van der Waals surface area (Å²) in [6.45, 7) is 15.3. The fraction of sp³-hybridized carbons (Fsp3) is 0.731. The van der Waals surface area contributed by atoms with Gasteiger partial charge in [-0.05, 0) is 74.3 Å². The minimum Gasteiger partial charge on any atom is -0.487 e. The summed E-state index contributed by atoms with van der Waals surface area (Å²) in [5.41, 5.74) is 2.93. The normalized spacial score (nSPS) is 38.0. The largest absolute Gasteiger partial charge is 0.487 e. The van der Waals surface area contributed by atoms with Crippen molar-refractivity contribution in [2.45, 2.75) is 98.4 Å². The van der Waals surface area contributed by atoms with Gasteiger partial charge in [0, 0.05) is 25.3 Å². The Morgan fingerprint density at radius 3 is 2.40 bits per heavy atom. The quantitative estimate of drug-likeness (QED) is 0.475. The molecule has 1 aromatic carbocycles. The molecule has 2 aliphatic heterocycles. The van der Waals surface area contributed by atoms with Crippen molar-refractivity contribution in [3.63, 3.8) is 0 Å². The highest BCUT2D eigenvalue weighted by molar-refractivity contribution is 5.96. The summed E-state index contributed by atoms with van der Waals surface area (Å²) in [5.74, 6) is 1.44. The molecule has 2 unspecified atom stereocenters. The lowest BCUT2D eigenvalue weighted by atomic mass is 9.44. The number of cyclic esters (lactones) is 1. The van der Waals surface area contributed by atoms with Crippen molar-refractivity contribution >= 4 is 5.97 Å². The molecule has 4 heteroatoms. The number of aryl methyl sites for hydroxylation is 1. The van der Waals surface area contributed by atoms with Crippen LogP contribution < -0.4 is 9.47 Å². The van der Waals surface area contributed by atoms with Crippen LogP contribution in [-0.2, 0) is 11.2 Å². The van der Waals surface area contributed by atoms with Gasteiger partial charge in [-0.25, -0.2) is 4.79 Å². The average Bonchev–Trinajstić information content (AvgIpc) is 2.57. The van der Waals surface area contributed by atoms with Gasteiger partial charge in [0.25, 0.3) is 0 Å². The van der Waals surface area contributed by atoms with Gasteiger partial charge in [0.1, 0.15) is 22.7 Å². The SMILES string of the molecule is Cc1cc2c(c3c1C(=O)OC(C)(C)O3)CC1[C@@]3(C)CCCC(C)(C)C3CC[C@@]1(C)O2. The van der Waals surface area contributed by atoms with Crippen molar-refractivity contribution in [1.29, 1.82) is 0 Å². The third-order valence-electron chi connectivity index (χ3n) is 8.92. The molecule has 1 aromatic rings. The summed E-state index contributed by atoms with van der Waals surface area (Å²) < 4.78 is 18.6. The highest BCUT2D eigenvalue weighted by Gasteiger charge is 2.61. The molecular formula is C26H36O4. The van der Waals surface area contributed by atoms with E-state index in [2.05, 4.69) is 27.7 Å². The fourth-order valence-electron chi connectivity index (χ4n) is 7.62. The minimum atomic E-state index is -0.960. The lowest BCUT2D eigenvalue weighted by Gasteiger charge is -2.63. The zero-order valence-electron chi connectivity index (χ0n) is 19.6. The van der Waals surface area contributed by atoms with E-state index in [4.69, 9.17) is 14.2 Å². The Bertz CT molecular complexity index is 929. The summed E-state index contributed by atoms with van der Waals surface area (Å²) in [7, 11) is 0. The standard InChI is InChI=1S/C26H36O4/c1-15-13-17-16(21-20(15)22(27)30-24(4,5)29-21)14-19-25(6)11-8-10-23(2,3)18(25)9-12-26(19,7)28-17/h13,18-19H,8-12,14H2,1-7H3/t18?,19?,25-,26+/m0/s1. The number of benzene rings is 1. The first kappa shape index (κ1) is 20.2. The van der Waals surface area contributed by atoms with E-state index in [0.717, 1.165) is 29.7 Å². The number of carbonyl (C=O) groups excluding carboxylic acids is 1. The molecule has 0 aromatic heterocycles. The molecule has 0 N–H and O–H groups in total. The lowest BCUT2D eigenvalue weighted by molar-refractivity contribution is -0.164. The molecule has 2 aliphatic carbocycles. The van der Waals surface area contributed by atoms with Crippen molar-refractivity contribution < 1.29 is 19.0 Å². The van der Waals surface area contributed by atoms with Crippen molar-refractivity contribution in [2.24, 2.45) is 22.7 Å². The highest BCUT2D eigenvalue weighted by atomic mass is 16.7. The van der Waals surface area contributed by atoms with Crippen LogP contribution in [0.1, 0.15) is 95.1 Å². The Balaban J connectivity index is 1.64. The van der Waals surface area contributed by atoms with E-state index in [-0.39, 0.29) is 17.0 Å². The van der Waals surface area contributed by atoms with E-state index < -0.39 is 5.79 Å². The molecule has 164 valence electrons. The molecule has 30 heavy (non-hydrogen) atoms. The Labute approximate surface area is 180 Å². The van der Waals surface area contributed by atoms with E-state index in [0.29, 0.717) is 28.6 Å². The number of carbonyl (C=O) groups is 1. The number of rotatable bonds is 0. The zero-order chi connectivity index (χ0) is 21.7. The van der Waals surface area contributed by atoms with Crippen LogP contribution in [-0.4, -0.2) is 17.4 Å². The van der Waals surface area contributed by atoms with Gasteiger partial charge in [-0.1, -0.05) is 27.2 Å². The van der Waals surface area contributed by atoms with Gasteiger partial charge in [-0.15, -0.1) is 0 Å². The van der Waals surface area contributed by atoms with Crippen LogP contribution in [0.25, 0.3) is 0 Å². The molecule has 4 nitrogen and oxygen atoms in total. The molecule has 5 rings (SSSR count). The third kappa shape index (κ3) is 2.67. The smallest absolute Gasteiger partial charge is 0.345 e. The molecule has 0 bridgehead atoms. The number of fused-ring (bicyclic) bond motifs is 6. The first-order chi connectivity index (χ1) is 13.9. The number of hydrogen-bond acceptors (Lipinski definition) is 4. The van der Waals surface area contributed by atoms with Crippen LogP contribution in [0.2, 0.25) is 0 Å². The molecule has 2 fully saturated rings. The van der Waals surface area contributed by atoms with Crippen molar-refractivity contribution in [2.75, 3.05) is 0 Å². The molecule has 0 spiro atoms. The maximum Gasteiger partial charge on any atom is 0.345 e. The Morgan fingerprint density at radius 1 is 0.933 bits per heavy atom. The maximum atomic E-state index is 12.8. The number of hydrogen-bond donors (Lipinski definition) is 0. The highest BCUT2D eigenvalue weighted by Crippen LogP contribution is 2.65. The van der Waals surface area contributed by atoms with Crippen molar-refractivity contribution in [1.82, 2.24) is 0 Å². The second kappa shape index (κ2) is 5.95. The molecule has 2 heterocycles. The van der Waals surface area contributed by atoms with Gasteiger partial charge in [-0.2, -0.15) is 0 Å². The molecule has 2 saturated carbocycles. The van der Waals surface area contributed by atoms with Gasteiger partial charge in [0.2, 0.25) is 5.79 Å². The molecule has 4 aliphatic rings. The molecule has 0 radical (unpaired) electrons. The lowest BCUT2D eigenvalue weighted by Crippen LogP contribution is -2.61. The van der Waals surface area contributed by atoms with E-state index >= 15 is 0 Å².